The molecule has 1 aromatic carbocycles. The number of nitrogens with one attached hydrogen (secondary N) is 1. The van der Waals surface area contributed by atoms with Crippen molar-refractivity contribution >= 4 is 11.6 Å². The van der Waals surface area contributed by atoms with Crippen molar-refractivity contribution in [2.45, 2.75) is 33.7 Å². The van der Waals surface area contributed by atoms with Gasteiger partial charge in [0, 0.05) is 11.1 Å². The number of benzene rings is 1. The first-order valence-corrected chi connectivity index (χ1v) is 5.46. The first kappa shape index (κ1) is 13.5. The minimum Gasteiger partial charge on any atom is -0.313 e. The second-order valence-electron chi connectivity index (χ2n) is 3.02. The molecular formula is C12H20ClN. The molecule has 0 saturated carbocycles. The van der Waals surface area contributed by atoms with Gasteiger partial charge in [0.1, 0.15) is 0 Å². The third-order valence-electron chi connectivity index (χ3n) is 2.13. The zero-order chi connectivity index (χ0) is 11.1. The van der Waals surface area contributed by atoms with E-state index in [-0.39, 0.29) is 0 Å². The first-order valence-electron chi connectivity index (χ1n) is 5.08. The van der Waals surface area contributed by atoms with Crippen molar-refractivity contribution in [3.05, 3.63) is 34.3 Å². The molecule has 0 radical (unpaired) electrons. The number of rotatable bonds is 2. The summed E-state index contributed by atoms with van der Waals surface area (Å²) in [5.74, 6) is 0. The molecule has 1 atom stereocenters. The Morgan fingerprint density at radius 3 is 2.29 bits per heavy atom. The molecule has 1 N–H and O–H groups in total. The Kier molecular flexibility index (Phi) is 6.60. The average Bonchev–Trinajstić information content (AvgIpc) is 2.24. The van der Waals surface area contributed by atoms with Gasteiger partial charge in [-0.05, 0) is 38.1 Å². The van der Waals surface area contributed by atoms with Crippen LogP contribution in [0.4, 0.5) is 0 Å². The summed E-state index contributed by atoms with van der Waals surface area (Å²) in [6, 6.07) is 6.52. The third-order valence-corrected chi connectivity index (χ3v) is 2.54. The molecule has 0 saturated heterocycles. The normalized spacial score (nSPS) is 11.6. The second-order valence-corrected chi connectivity index (χ2v) is 3.43. The molecule has 1 rings (SSSR count). The SMILES string of the molecule is CC.CN[C@@H](C)c1ccc(C)c(Cl)c1. The molecule has 0 heterocycles. The minimum absolute atomic E-state index is 0.364. The van der Waals surface area contributed by atoms with Crippen LogP contribution in [0.3, 0.4) is 0 Å². The molecule has 0 bridgehead atoms. The maximum absolute atomic E-state index is 5.99. The number of halogens is 1. The molecule has 0 spiro atoms. The Balaban J connectivity index is 0.000000791. The standard InChI is InChI=1S/C10H14ClN.C2H6/c1-7-4-5-9(6-10(7)11)8(2)12-3;1-2/h4-6,8,12H,1-3H3;1-2H3/t8-;/m0./s1. The topological polar surface area (TPSA) is 12.0 Å². The van der Waals surface area contributed by atoms with Gasteiger partial charge < -0.3 is 5.32 Å². The highest BCUT2D eigenvalue weighted by molar-refractivity contribution is 6.31. The van der Waals surface area contributed by atoms with Gasteiger partial charge in [0.25, 0.3) is 0 Å². The molecule has 2 heteroatoms. The summed E-state index contributed by atoms with van der Waals surface area (Å²) >= 11 is 5.99. The van der Waals surface area contributed by atoms with E-state index in [0.717, 1.165) is 10.6 Å². The molecule has 14 heavy (non-hydrogen) atoms. The van der Waals surface area contributed by atoms with Crippen LogP contribution in [-0.4, -0.2) is 7.05 Å². The molecule has 80 valence electrons. The number of hydrogen-bond acceptors (Lipinski definition) is 1. The first-order chi connectivity index (χ1) is 6.65. The molecule has 0 aliphatic carbocycles. The summed E-state index contributed by atoms with van der Waals surface area (Å²) in [6.07, 6.45) is 0. The summed E-state index contributed by atoms with van der Waals surface area (Å²) in [4.78, 5) is 0. The molecule has 0 aromatic heterocycles. The van der Waals surface area contributed by atoms with Gasteiger partial charge in [-0.25, -0.2) is 0 Å². The van der Waals surface area contributed by atoms with E-state index in [1.54, 1.807) is 0 Å². The van der Waals surface area contributed by atoms with Gasteiger partial charge in [0.2, 0.25) is 0 Å². The Morgan fingerprint density at radius 1 is 1.29 bits per heavy atom. The van der Waals surface area contributed by atoms with Gasteiger partial charge in [-0.2, -0.15) is 0 Å². The summed E-state index contributed by atoms with van der Waals surface area (Å²) in [6.45, 7) is 8.12. The Labute approximate surface area is 92.5 Å². The van der Waals surface area contributed by atoms with Crippen LogP contribution in [0.25, 0.3) is 0 Å². The minimum atomic E-state index is 0.364. The van der Waals surface area contributed by atoms with E-state index in [4.69, 9.17) is 11.6 Å². The van der Waals surface area contributed by atoms with E-state index in [1.807, 2.05) is 40.0 Å². The van der Waals surface area contributed by atoms with Gasteiger partial charge in [-0.15, -0.1) is 0 Å². The third kappa shape index (κ3) is 3.69. The predicted molar refractivity (Wildman–Crippen MR) is 65.0 cm³/mol. The van der Waals surface area contributed by atoms with Gasteiger partial charge in [-0.1, -0.05) is 37.6 Å². The van der Waals surface area contributed by atoms with Crippen LogP contribution >= 0.6 is 11.6 Å². The molecule has 1 aromatic rings. The molecule has 0 amide bonds. The lowest BCUT2D eigenvalue weighted by atomic mass is 10.1. The summed E-state index contributed by atoms with van der Waals surface area (Å²) in [5.41, 5.74) is 2.36. The van der Waals surface area contributed by atoms with Crippen LogP contribution in [0.15, 0.2) is 18.2 Å². The van der Waals surface area contributed by atoms with Crippen molar-refractivity contribution in [1.29, 1.82) is 0 Å². The van der Waals surface area contributed by atoms with E-state index < -0.39 is 0 Å². The zero-order valence-electron chi connectivity index (χ0n) is 9.69. The van der Waals surface area contributed by atoms with Gasteiger partial charge in [0.05, 0.1) is 0 Å². The highest BCUT2D eigenvalue weighted by Gasteiger charge is 2.03. The smallest absolute Gasteiger partial charge is 0.0438 e. The van der Waals surface area contributed by atoms with Crippen LogP contribution in [0, 0.1) is 6.92 Å². The molecule has 1 nitrogen and oxygen atoms in total. The van der Waals surface area contributed by atoms with Crippen molar-refractivity contribution in [3.63, 3.8) is 0 Å². The van der Waals surface area contributed by atoms with Crippen LogP contribution in [-0.2, 0) is 0 Å². The monoisotopic (exact) mass is 213 g/mol. The fourth-order valence-corrected chi connectivity index (χ4v) is 1.23. The van der Waals surface area contributed by atoms with Crippen molar-refractivity contribution in [2.75, 3.05) is 7.05 Å². The van der Waals surface area contributed by atoms with Crippen molar-refractivity contribution in [1.82, 2.24) is 5.32 Å². The van der Waals surface area contributed by atoms with Crippen LogP contribution in [0.2, 0.25) is 5.02 Å². The zero-order valence-corrected chi connectivity index (χ0v) is 10.4. The number of hydrogen-bond donors (Lipinski definition) is 1. The maximum atomic E-state index is 5.99. The van der Waals surface area contributed by atoms with Gasteiger partial charge in [0.15, 0.2) is 0 Å². The van der Waals surface area contributed by atoms with E-state index in [1.165, 1.54) is 5.56 Å². The van der Waals surface area contributed by atoms with Crippen LogP contribution in [0.1, 0.15) is 37.9 Å². The van der Waals surface area contributed by atoms with Gasteiger partial charge in [-0.3, -0.25) is 0 Å². The highest BCUT2D eigenvalue weighted by atomic mass is 35.5. The fraction of sp³-hybridized carbons (Fsp3) is 0.500. The summed E-state index contributed by atoms with van der Waals surface area (Å²) in [5, 5.41) is 4.01. The summed E-state index contributed by atoms with van der Waals surface area (Å²) < 4.78 is 0. The van der Waals surface area contributed by atoms with Crippen LogP contribution in [0.5, 0.6) is 0 Å². The van der Waals surface area contributed by atoms with E-state index >= 15 is 0 Å². The fourth-order valence-electron chi connectivity index (χ4n) is 1.05. The molecule has 0 aliphatic rings. The quantitative estimate of drug-likeness (QED) is 0.785. The lowest BCUT2D eigenvalue weighted by Crippen LogP contribution is -2.12. The van der Waals surface area contributed by atoms with Crippen molar-refractivity contribution in [3.8, 4) is 0 Å². The van der Waals surface area contributed by atoms with Crippen molar-refractivity contribution < 1.29 is 0 Å². The molecule has 0 unspecified atom stereocenters. The Hall–Kier alpha value is -0.530. The Bertz CT molecular complexity index is 271. The van der Waals surface area contributed by atoms with E-state index in [2.05, 4.69) is 18.3 Å². The molecule has 0 fully saturated rings. The van der Waals surface area contributed by atoms with Gasteiger partial charge >= 0.3 is 0 Å². The lowest BCUT2D eigenvalue weighted by Gasteiger charge is -2.11. The lowest BCUT2D eigenvalue weighted by molar-refractivity contribution is 0.652. The van der Waals surface area contributed by atoms with Crippen molar-refractivity contribution in [2.24, 2.45) is 0 Å². The molecule has 0 aliphatic heterocycles. The predicted octanol–water partition coefficient (Wildman–Crippen LogP) is 3.96. The average molecular weight is 214 g/mol. The second kappa shape index (κ2) is 6.86. The highest BCUT2D eigenvalue weighted by Crippen LogP contribution is 2.20. The molecular weight excluding hydrogens is 194 g/mol. The van der Waals surface area contributed by atoms with E-state index in [9.17, 15) is 0 Å². The maximum Gasteiger partial charge on any atom is 0.0438 e. The number of aryl methyl sites for hydroxylation is 1. The van der Waals surface area contributed by atoms with Crippen LogP contribution < -0.4 is 5.32 Å². The summed E-state index contributed by atoms with van der Waals surface area (Å²) in [7, 11) is 1.94. The van der Waals surface area contributed by atoms with E-state index in [0.29, 0.717) is 6.04 Å². The largest absolute Gasteiger partial charge is 0.313 e. The Morgan fingerprint density at radius 2 is 1.86 bits per heavy atom.